The number of nitriles is 1. The molecule has 2 fully saturated rings. The van der Waals surface area contributed by atoms with Crippen LogP contribution >= 0.6 is 0 Å². The van der Waals surface area contributed by atoms with Gasteiger partial charge in [0.1, 0.15) is 17.6 Å². The topological polar surface area (TPSA) is 78.0 Å². The smallest absolute Gasteiger partial charge is 0.274 e. The molecule has 2 aromatic heterocycles. The van der Waals surface area contributed by atoms with Gasteiger partial charge in [-0.2, -0.15) is 10.4 Å². The van der Waals surface area contributed by atoms with Gasteiger partial charge in [-0.15, -0.1) is 0 Å². The Morgan fingerprint density at radius 1 is 1.21 bits per heavy atom. The fourth-order valence-corrected chi connectivity index (χ4v) is 3.68. The van der Waals surface area contributed by atoms with E-state index in [0.717, 1.165) is 32.0 Å². The normalized spacial score (nSPS) is 22.5. The van der Waals surface area contributed by atoms with Crippen molar-refractivity contribution in [3.8, 4) is 6.07 Å². The maximum atomic E-state index is 12.5. The van der Waals surface area contributed by atoms with Crippen molar-refractivity contribution in [3.63, 3.8) is 0 Å². The Bertz CT molecular complexity index is 791. The number of nitrogens with zero attached hydrogens (tertiary/aromatic N) is 6. The van der Waals surface area contributed by atoms with Crippen LogP contribution in [0.4, 0.5) is 5.82 Å². The Kier molecular flexibility index (Phi) is 3.45. The number of fused-ring (bicyclic) bond motifs is 1. The van der Waals surface area contributed by atoms with E-state index in [-0.39, 0.29) is 5.91 Å². The fourth-order valence-electron chi connectivity index (χ4n) is 3.68. The monoisotopic (exact) mass is 322 g/mol. The lowest BCUT2D eigenvalue weighted by Crippen LogP contribution is -2.33. The number of anilines is 1. The van der Waals surface area contributed by atoms with Crippen molar-refractivity contribution in [2.24, 2.45) is 18.9 Å². The summed E-state index contributed by atoms with van der Waals surface area (Å²) in [6.45, 7) is 3.34. The van der Waals surface area contributed by atoms with Crippen LogP contribution in [0, 0.1) is 23.2 Å². The maximum absolute atomic E-state index is 12.5. The molecule has 2 saturated heterocycles. The third kappa shape index (κ3) is 2.50. The molecule has 2 aromatic rings. The van der Waals surface area contributed by atoms with Crippen LogP contribution in [0.3, 0.4) is 0 Å². The van der Waals surface area contributed by atoms with Crippen LogP contribution in [0.2, 0.25) is 0 Å². The zero-order chi connectivity index (χ0) is 16.7. The van der Waals surface area contributed by atoms with Gasteiger partial charge in [-0.3, -0.25) is 9.48 Å². The van der Waals surface area contributed by atoms with E-state index in [1.807, 2.05) is 18.0 Å². The van der Waals surface area contributed by atoms with E-state index in [1.54, 1.807) is 29.2 Å². The number of rotatable bonds is 2. The van der Waals surface area contributed by atoms with Crippen molar-refractivity contribution in [1.82, 2.24) is 19.7 Å². The van der Waals surface area contributed by atoms with Crippen LogP contribution in [0.1, 0.15) is 16.1 Å². The molecule has 0 aliphatic carbocycles. The largest absolute Gasteiger partial charge is 0.356 e. The van der Waals surface area contributed by atoms with Crippen molar-refractivity contribution < 1.29 is 4.79 Å². The molecular weight excluding hydrogens is 304 g/mol. The molecule has 7 heteroatoms. The van der Waals surface area contributed by atoms with E-state index in [1.165, 1.54) is 0 Å². The molecule has 0 radical (unpaired) electrons. The highest BCUT2D eigenvalue weighted by Crippen LogP contribution is 2.33. The SMILES string of the molecule is Cn1ccc(C(=O)N2CC3CN(c4ccc(C#N)cn4)CC3C2)n1. The predicted molar refractivity (Wildman–Crippen MR) is 87.3 cm³/mol. The summed E-state index contributed by atoms with van der Waals surface area (Å²) in [6, 6.07) is 7.55. The van der Waals surface area contributed by atoms with Crippen molar-refractivity contribution in [2.45, 2.75) is 0 Å². The first-order chi connectivity index (χ1) is 11.6. The summed E-state index contributed by atoms with van der Waals surface area (Å²) < 4.78 is 1.66. The van der Waals surface area contributed by atoms with Crippen LogP contribution in [0.25, 0.3) is 0 Å². The Balaban J connectivity index is 1.41. The zero-order valence-corrected chi connectivity index (χ0v) is 13.5. The molecule has 2 aliphatic rings. The summed E-state index contributed by atoms with van der Waals surface area (Å²) in [5.74, 6) is 1.87. The molecule has 1 amide bonds. The van der Waals surface area contributed by atoms with Gasteiger partial charge in [0.05, 0.1) is 5.56 Å². The Morgan fingerprint density at radius 3 is 2.50 bits per heavy atom. The number of hydrogen-bond acceptors (Lipinski definition) is 5. The molecule has 4 heterocycles. The molecule has 2 aliphatic heterocycles. The van der Waals surface area contributed by atoms with E-state index in [4.69, 9.17) is 5.26 Å². The summed E-state index contributed by atoms with van der Waals surface area (Å²) >= 11 is 0. The number of carbonyl (C=O) groups is 1. The minimum atomic E-state index is 0.0213. The number of carbonyl (C=O) groups excluding carboxylic acids is 1. The molecule has 2 unspecified atom stereocenters. The van der Waals surface area contributed by atoms with Gasteiger partial charge in [-0.1, -0.05) is 0 Å². The highest BCUT2D eigenvalue weighted by Gasteiger charge is 2.42. The summed E-state index contributed by atoms with van der Waals surface area (Å²) in [5, 5.41) is 13.1. The lowest BCUT2D eigenvalue weighted by atomic mass is 10.0. The van der Waals surface area contributed by atoms with Gasteiger partial charge in [-0.25, -0.2) is 4.98 Å². The second kappa shape index (κ2) is 5.64. The lowest BCUT2D eigenvalue weighted by molar-refractivity contribution is 0.0776. The molecule has 2 atom stereocenters. The summed E-state index contributed by atoms with van der Waals surface area (Å²) in [6.07, 6.45) is 3.41. The van der Waals surface area contributed by atoms with Gasteiger partial charge in [-0.05, 0) is 18.2 Å². The average Bonchev–Trinajstić information content (AvgIpc) is 3.28. The standard InChI is InChI=1S/C17H18N6O/c1-21-5-4-15(20-21)17(24)23-10-13-8-22(9-14(13)11-23)16-3-2-12(6-18)7-19-16/h2-5,7,13-14H,8-11H2,1H3. The first kappa shape index (κ1) is 14.7. The van der Waals surface area contributed by atoms with Crippen molar-refractivity contribution >= 4 is 11.7 Å². The molecule has 24 heavy (non-hydrogen) atoms. The van der Waals surface area contributed by atoms with Gasteiger partial charge in [0.2, 0.25) is 0 Å². The van der Waals surface area contributed by atoms with E-state index in [9.17, 15) is 4.79 Å². The number of aryl methyl sites for hydroxylation is 1. The Morgan fingerprint density at radius 2 is 1.96 bits per heavy atom. The zero-order valence-electron chi connectivity index (χ0n) is 13.5. The highest BCUT2D eigenvalue weighted by atomic mass is 16.2. The fraction of sp³-hybridized carbons (Fsp3) is 0.412. The number of amides is 1. The van der Waals surface area contributed by atoms with Gasteiger partial charge in [0, 0.05) is 57.5 Å². The number of aromatic nitrogens is 3. The minimum Gasteiger partial charge on any atom is -0.356 e. The molecule has 0 bridgehead atoms. The molecular formula is C17H18N6O. The molecule has 4 rings (SSSR count). The highest BCUT2D eigenvalue weighted by molar-refractivity contribution is 5.92. The first-order valence-corrected chi connectivity index (χ1v) is 8.04. The van der Waals surface area contributed by atoms with Gasteiger partial charge in [0.25, 0.3) is 5.91 Å². The Labute approximate surface area is 140 Å². The van der Waals surface area contributed by atoms with Crippen LogP contribution in [-0.4, -0.2) is 51.8 Å². The molecule has 7 nitrogen and oxygen atoms in total. The van der Waals surface area contributed by atoms with E-state index >= 15 is 0 Å². The van der Waals surface area contributed by atoms with Crippen molar-refractivity contribution in [3.05, 3.63) is 41.9 Å². The molecule has 0 aromatic carbocycles. The second-order valence-corrected chi connectivity index (χ2v) is 6.53. The van der Waals surface area contributed by atoms with Gasteiger partial charge < -0.3 is 9.80 Å². The third-order valence-electron chi connectivity index (χ3n) is 4.91. The van der Waals surface area contributed by atoms with Gasteiger partial charge >= 0.3 is 0 Å². The van der Waals surface area contributed by atoms with Crippen LogP contribution in [0.5, 0.6) is 0 Å². The second-order valence-electron chi connectivity index (χ2n) is 6.53. The summed E-state index contributed by atoms with van der Waals surface area (Å²) in [5.41, 5.74) is 1.09. The summed E-state index contributed by atoms with van der Waals surface area (Å²) in [4.78, 5) is 21.0. The van der Waals surface area contributed by atoms with Crippen molar-refractivity contribution in [1.29, 1.82) is 5.26 Å². The van der Waals surface area contributed by atoms with Crippen molar-refractivity contribution in [2.75, 3.05) is 31.1 Å². The summed E-state index contributed by atoms with van der Waals surface area (Å²) in [7, 11) is 1.82. The average molecular weight is 322 g/mol. The number of pyridine rings is 1. The van der Waals surface area contributed by atoms with E-state index in [0.29, 0.717) is 23.1 Å². The third-order valence-corrected chi connectivity index (χ3v) is 4.91. The van der Waals surface area contributed by atoms with E-state index < -0.39 is 0 Å². The molecule has 0 N–H and O–H groups in total. The van der Waals surface area contributed by atoms with E-state index in [2.05, 4.69) is 21.1 Å². The first-order valence-electron chi connectivity index (χ1n) is 8.04. The molecule has 0 spiro atoms. The van der Waals surface area contributed by atoms with Gasteiger partial charge in [0.15, 0.2) is 0 Å². The number of hydrogen-bond donors (Lipinski definition) is 0. The predicted octanol–water partition coefficient (Wildman–Crippen LogP) is 0.895. The lowest BCUT2D eigenvalue weighted by Gasteiger charge is -2.22. The van der Waals surface area contributed by atoms with Crippen LogP contribution < -0.4 is 4.90 Å². The maximum Gasteiger partial charge on any atom is 0.274 e. The molecule has 0 saturated carbocycles. The minimum absolute atomic E-state index is 0.0213. The molecule has 122 valence electrons. The van der Waals surface area contributed by atoms with Crippen LogP contribution in [0.15, 0.2) is 30.6 Å². The number of likely N-dealkylation sites (tertiary alicyclic amines) is 1. The Hall–Kier alpha value is -2.88. The quantitative estimate of drug-likeness (QED) is 0.821. The van der Waals surface area contributed by atoms with Crippen LogP contribution in [-0.2, 0) is 7.05 Å².